The fraction of sp³-hybridized carbons (Fsp3) is 0.316. The Morgan fingerprint density at radius 2 is 1.89 bits per heavy atom. The van der Waals surface area contributed by atoms with Crippen molar-refractivity contribution in [1.29, 1.82) is 0 Å². The fourth-order valence-corrected chi connectivity index (χ4v) is 4.23. The Morgan fingerprint density at radius 1 is 1.19 bits per heavy atom. The Morgan fingerprint density at radius 3 is 2.56 bits per heavy atom. The van der Waals surface area contributed by atoms with E-state index in [2.05, 4.69) is 5.32 Å². The van der Waals surface area contributed by atoms with Crippen molar-refractivity contribution in [2.45, 2.75) is 17.9 Å². The average Bonchev–Trinajstić information content (AvgIpc) is 2.68. The van der Waals surface area contributed by atoms with Gasteiger partial charge in [0.05, 0.1) is 17.6 Å². The smallest absolute Gasteiger partial charge is 0.262 e. The molecule has 2 aromatic carbocycles. The highest BCUT2D eigenvalue weighted by atomic mass is 32.2. The topological polar surface area (TPSA) is 84.9 Å². The van der Waals surface area contributed by atoms with E-state index in [-0.39, 0.29) is 23.5 Å². The molecule has 1 aliphatic rings. The molecule has 0 aliphatic carbocycles. The highest BCUT2D eigenvalue weighted by Gasteiger charge is 2.29. The summed E-state index contributed by atoms with van der Waals surface area (Å²) in [7, 11) is -3.57. The van der Waals surface area contributed by atoms with Crippen LogP contribution in [-0.2, 0) is 19.6 Å². The van der Waals surface area contributed by atoms with Crippen molar-refractivity contribution < 1.29 is 22.7 Å². The van der Waals surface area contributed by atoms with E-state index in [1.165, 1.54) is 16.4 Å². The standard InChI is InChI=1S/C19H22N2O5S/c1-15-13-21(11-12-25-15)27(23,24)18-9-7-16(8-10-18)20-19(22)14-26-17-5-3-2-4-6-17/h2-10,15H,11-14H2,1H3,(H,20,22). The molecule has 1 amide bonds. The molecule has 0 spiro atoms. The molecule has 2 aromatic rings. The highest BCUT2D eigenvalue weighted by Crippen LogP contribution is 2.20. The minimum atomic E-state index is -3.57. The molecule has 0 saturated carbocycles. The summed E-state index contributed by atoms with van der Waals surface area (Å²) >= 11 is 0. The minimum absolute atomic E-state index is 0.128. The maximum atomic E-state index is 12.7. The maximum absolute atomic E-state index is 12.7. The lowest BCUT2D eigenvalue weighted by molar-refractivity contribution is -0.118. The number of ether oxygens (including phenoxy) is 2. The predicted octanol–water partition coefficient (Wildman–Crippen LogP) is 2.11. The van der Waals surface area contributed by atoms with Gasteiger partial charge >= 0.3 is 0 Å². The van der Waals surface area contributed by atoms with E-state index in [1.54, 1.807) is 24.3 Å². The molecular weight excluding hydrogens is 368 g/mol. The first-order chi connectivity index (χ1) is 12.9. The number of carbonyl (C=O) groups excluding carboxylic acids is 1. The lowest BCUT2D eigenvalue weighted by Crippen LogP contribution is -2.44. The van der Waals surface area contributed by atoms with Gasteiger partial charge in [0.15, 0.2) is 6.61 Å². The van der Waals surface area contributed by atoms with Crippen molar-refractivity contribution in [3.8, 4) is 5.75 Å². The summed E-state index contributed by atoms with van der Waals surface area (Å²) in [5, 5.41) is 2.69. The minimum Gasteiger partial charge on any atom is -0.484 e. The van der Waals surface area contributed by atoms with Crippen LogP contribution in [0.3, 0.4) is 0 Å². The molecule has 8 heteroatoms. The number of morpholine rings is 1. The van der Waals surface area contributed by atoms with Crippen LogP contribution in [-0.4, -0.2) is 51.0 Å². The predicted molar refractivity (Wildman–Crippen MR) is 101 cm³/mol. The zero-order valence-electron chi connectivity index (χ0n) is 15.0. The summed E-state index contributed by atoms with van der Waals surface area (Å²) in [5.74, 6) is 0.283. The van der Waals surface area contributed by atoms with Gasteiger partial charge in [-0.2, -0.15) is 4.31 Å². The first-order valence-electron chi connectivity index (χ1n) is 8.64. The van der Waals surface area contributed by atoms with E-state index in [4.69, 9.17) is 9.47 Å². The van der Waals surface area contributed by atoms with Crippen LogP contribution in [0, 0.1) is 0 Å². The Labute approximate surface area is 158 Å². The van der Waals surface area contributed by atoms with Crippen LogP contribution in [0.25, 0.3) is 0 Å². The van der Waals surface area contributed by atoms with E-state index < -0.39 is 10.0 Å². The molecule has 1 N–H and O–H groups in total. The van der Waals surface area contributed by atoms with Crippen molar-refractivity contribution in [2.24, 2.45) is 0 Å². The SMILES string of the molecule is CC1CN(S(=O)(=O)c2ccc(NC(=O)COc3ccccc3)cc2)CCO1. The lowest BCUT2D eigenvalue weighted by Gasteiger charge is -2.30. The van der Waals surface area contributed by atoms with Gasteiger partial charge in [0, 0.05) is 18.8 Å². The molecule has 0 bridgehead atoms. The van der Waals surface area contributed by atoms with Gasteiger partial charge in [0.1, 0.15) is 5.75 Å². The number of rotatable bonds is 6. The fourth-order valence-electron chi connectivity index (χ4n) is 2.73. The van der Waals surface area contributed by atoms with Gasteiger partial charge in [-0.1, -0.05) is 18.2 Å². The number of carbonyl (C=O) groups is 1. The van der Waals surface area contributed by atoms with Gasteiger partial charge in [0.2, 0.25) is 10.0 Å². The van der Waals surface area contributed by atoms with Crippen LogP contribution in [0.1, 0.15) is 6.92 Å². The van der Waals surface area contributed by atoms with Gasteiger partial charge in [-0.3, -0.25) is 4.79 Å². The number of nitrogens with one attached hydrogen (secondary N) is 1. The van der Waals surface area contributed by atoms with Crippen molar-refractivity contribution in [2.75, 3.05) is 31.6 Å². The Hall–Kier alpha value is -2.42. The second-order valence-corrected chi connectivity index (χ2v) is 8.16. The van der Waals surface area contributed by atoms with Gasteiger partial charge in [-0.15, -0.1) is 0 Å². The molecule has 1 atom stereocenters. The Balaban J connectivity index is 1.59. The van der Waals surface area contributed by atoms with Gasteiger partial charge < -0.3 is 14.8 Å². The van der Waals surface area contributed by atoms with Crippen molar-refractivity contribution >= 4 is 21.6 Å². The van der Waals surface area contributed by atoms with Crippen molar-refractivity contribution in [3.63, 3.8) is 0 Å². The molecule has 1 fully saturated rings. The van der Waals surface area contributed by atoms with E-state index in [9.17, 15) is 13.2 Å². The molecular formula is C19H22N2O5S. The molecule has 1 unspecified atom stereocenters. The van der Waals surface area contributed by atoms with E-state index >= 15 is 0 Å². The maximum Gasteiger partial charge on any atom is 0.262 e. The molecule has 0 radical (unpaired) electrons. The molecule has 1 saturated heterocycles. The summed E-state index contributed by atoms with van der Waals surface area (Å²) in [6, 6.07) is 15.1. The quantitative estimate of drug-likeness (QED) is 0.817. The van der Waals surface area contributed by atoms with Crippen molar-refractivity contribution in [3.05, 3.63) is 54.6 Å². The van der Waals surface area contributed by atoms with Crippen LogP contribution in [0.2, 0.25) is 0 Å². The first-order valence-corrected chi connectivity index (χ1v) is 10.1. The Kier molecular flexibility index (Phi) is 6.10. The lowest BCUT2D eigenvalue weighted by atomic mass is 10.3. The number of nitrogens with zero attached hydrogens (tertiary/aromatic N) is 1. The largest absolute Gasteiger partial charge is 0.484 e. The molecule has 144 valence electrons. The molecule has 27 heavy (non-hydrogen) atoms. The van der Waals surface area contributed by atoms with Crippen LogP contribution in [0.4, 0.5) is 5.69 Å². The van der Waals surface area contributed by atoms with Gasteiger partial charge in [-0.05, 0) is 43.3 Å². The van der Waals surface area contributed by atoms with Crippen LogP contribution < -0.4 is 10.1 Å². The summed E-state index contributed by atoms with van der Waals surface area (Å²) in [4.78, 5) is 12.2. The number of sulfonamides is 1. The molecule has 1 heterocycles. The molecule has 7 nitrogen and oxygen atoms in total. The number of para-hydroxylation sites is 1. The van der Waals surface area contributed by atoms with Gasteiger partial charge in [-0.25, -0.2) is 8.42 Å². The summed E-state index contributed by atoms with van der Waals surface area (Å²) in [5.41, 5.74) is 0.506. The van der Waals surface area contributed by atoms with Crippen LogP contribution in [0.5, 0.6) is 5.75 Å². The Bertz CT molecular complexity index is 869. The van der Waals surface area contributed by atoms with E-state index in [0.717, 1.165) is 0 Å². The third kappa shape index (κ3) is 5.06. The zero-order valence-corrected chi connectivity index (χ0v) is 15.8. The number of hydrogen-bond acceptors (Lipinski definition) is 5. The molecule has 0 aromatic heterocycles. The number of hydrogen-bond donors (Lipinski definition) is 1. The van der Waals surface area contributed by atoms with Crippen LogP contribution in [0.15, 0.2) is 59.5 Å². The zero-order chi connectivity index (χ0) is 19.3. The van der Waals surface area contributed by atoms with Crippen molar-refractivity contribution in [1.82, 2.24) is 4.31 Å². The third-order valence-electron chi connectivity index (χ3n) is 4.09. The number of benzene rings is 2. The highest BCUT2D eigenvalue weighted by molar-refractivity contribution is 7.89. The van der Waals surface area contributed by atoms with E-state index in [0.29, 0.717) is 31.1 Å². The monoisotopic (exact) mass is 390 g/mol. The van der Waals surface area contributed by atoms with E-state index in [1.807, 2.05) is 25.1 Å². The normalized spacial score (nSPS) is 18.0. The molecule has 1 aliphatic heterocycles. The second kappa shape index (κ2) is 8.51. The summed E-state index contributed by atoms with van der Waals surface area (Å²) in [6.45, 7) is 2.77. The first kappa shape index (κ1) is 19.3. The number of anilines is 1. The average molecular weight is 390 g/mol. The second-order valence-electron chi connectivity index (χ2n) is 6.22. The third-order valence-corrected chi connectivity index (χ3v) is 5.97. The van der Waals surface area contributed by atoms with Crippen LogP contribution >= 0.6 is 0 Å². The summed E-state index contributed by atoms with van der Waals surface area (Å²) in [6.07, 6.45) is -0.128. The van der Waals surface area contributed by atoms with Gasteiger partial charge in [0.25, 0.3) is 5.91 Å². The molecule has 3 rings (SSSR count). The summed E-state index contributed by atoms with van der Waals surface area (Å²) < 4.78 is 37.6. The number of amides is 1.